The fourth-order valence-corrected chi connectivity index (χ4v) is 1.72. The number of hydrogen-bond donors (Lipinski definition) is 2. The number of carboxylic acids is 1. The van der Waals surface area contributed by atoms with Gasteiger partial charge in [0.25, 0.3) is 0 Å². The Morgan fingerprint density at radius 1 is 1.50 bits per heavy atom. The predicted octanol–water partition coefficient (Wildman–Crippen LogP) is 0.638. The van der Waals surface area contributed by atoms with Gasteiger partial charge in [-0.05, 0) is 18.8 Å². The molecule has 1 amide bonds. The summed E-state index contributed by atoms with van der Waals surface area (Å²) in [6.07, 6.45) is 1.13. The highest BCUT2D eigenvalue weighted by atomic mass is 16.5. The maximum absolute atomic E-state index is 11.7. The molecule has 5 heteroatoms. The summed E-state index contributed by atoms with van der Waals surface area (Å²) in [5, 5.41) is 11.5. The van der Waals surface area contributed by atoms with Gasteiger partial charge in [-0.25, -0.2) is 4.79 Å². The Balaban J connectivity index is 2.47. The highest BCUT2D eigenvalue weighted by Crippen LogP contribution is 2.13. The number of nitrogens with one attached hydrogen (secondary N) is 1. The summed E-state index contributed by atoms with van der Waals surface area (Å²) in [5.41, 5.74) is 0. The molecule has 5 nitrogen and oxygen atoms in total. The van der Waals surface area contributed by atoms with E-state index in [1.54, 1.807) is 0 Å². The molecule has 2 N–H and O–H groups in total. The van der Waals surface area contributed by atoms with Crippen molar-refractivity contribution in [2.75, 3.05) is 13.2 Å². The standard InChI is InChI=1S/C11H19NO4/c1-7(2)5-9(11(14)15)12-10(13)8-3-4-16-6-8/h7-9H,3-6H2,1-2H3,(H,12,13)(H,14,15). The molecule has 92 valence electrons. The first kappa shape index (κ1) is 13.0. The van der Waals surface area contributed by atoms with E-state index >= 15 is 0 Å². The van der Waals surface area contributed by atoms with Gasteiger partial charge in [-0.3, -0.25) is 4.79 Å². The molecular weight excluding hydrogens is 210 g/mol. The van der Waals surface area contributed by atoms with Crippen molar-refractivity contribution in [2.45, 2.75) is 32.7 Å². The molecule has 1 rings (SSSR count). The lowest BCUT2D eigenvalue weighted by Gasteiger charge is -2.18. The van der Waals surface area contributed by atoms with E-state index in [-0.39, 0.29) is 17.7 Å². The molecule has 0 aromatic carbocycles. The highest BCUT2D eigenvalue weighted by molar-refractivity contribution is 5.85. The van der Waals surface area contributed by atoms with Gasteiger partial charge in [0.2, 0.25) is 5.91 Å². The zero-order chi connectivity index (χ0) is 12.1. The van der Waals surface area contributed by atoms with Crippen molar-refractivity contribution >= 4 is 11.9 Å². The van der Waals surface area contributed by atoms with Crippen LogP contribution in [0, 0.1) is 11.8 Å². The summed E-state index contributed by atoms with van der Waals surface area (Å²) in [4.78, 5) is 22.6. The van der Waals surface area contributed by atoms with Crippen LogP contribution < -0.4 is 5.32 Å². The third-order valence-corrected chi connectivity index (χ3v) is 2.62. The van der Waals surface area contributed by atoms with E-state index in [1.807, 2.05) is 13.8 Å². The summed E-state index contributed by atoms with van der Waals surface area (Å²) in [6, 6.07) is -0.784. The van der Waals surface area contributed by atoms with E-state index in [4.69, 9.17) is 9.84 Å². The van der Waals surface area contributed by atoms with Gasteiger partial charge in [0.05, 0.1) is 12.5 Å². The fraction of sp³-hybridized carbons (Fsp3) is 0.818. The largest absolute Gasteiger partial charge is 0.480 e. The second-order valence-corrected chi connectivity index (χ2v) is 4.59. The van der Waals surface area contributed by atoms with Gasteiger partial charge in [0.1, 0.15) is 6.04 Å². The van der Waals surface area contributed by atoms with Crippen LogP contribution >= 0.6 is 0 Å². The SMILES string of the molecule is CC(C)CC(NC(=O)C1CCOC1)C(=O)O. The Kier molecular flexibility index (Phi) is 4.73. The minimum atomic E-state index is -0.971. The molecule has 1 saturated heterocycles. The lowest BCUT2D eigenvalue weighted by Crippen LogP contribution is -2.44. The second kappa shape index (κ2) is 5.84. The molecule has 0 radical (unpaired) electrons. The van der Waals surface area contributed by atoms with Crippen molar-refractivity contribution in [2.24, 2.45) is 11.8 Å². The van der Waals surface area contributed by atoms with Crippen LogP contribution in [0.2, 0.25) is 0 Å². The topological polar surface area (TPSA) is 75.6 Å². The Labute approximate surface area is 95.2 Å². The van der Waals surface area contributed by atoms with E-state index in [2.05, 4.69) is 5.32 Å². The number of carboxylic acid groups (broad SMARTS) is 1. The molecular formula is C11H19NO4. The minimum absolute atomic E-state index is 0.186. The van der Waals surface area contributed by atoms with Crippen LogP contribution in [0.3, 0.4) is 0 Å². The quantitative estimate of drug-likeness (QED) is 0.725. The number of amides is 1. The molecule has 1 fully saturated rings. The average molecular weight is 229 g/mol. The molecule has 2 atom stereocenters. The molecule has 0 bridgehead atoms. The maximum atomic E-state index is 11.7. The van der Waals surface area contributed by atoms with Crippen LogP contribution in [0.5, 0.6) is 0 Å². The third-order valence-electron chi connectivity index (χ3n) is 2.62. The maximum Gasteiger partial charge on any atom is 0.326 e. The normalized spacial score (nSPS) is 22.1. The number of ether oxygens (including phenoxy) is 1. The number of carbonyl (C=O) groups excluding carboxylic acids is 1. The van der Waals surface area contributed by atoms with Gasteiger partial charge in [0, 0.05) is 6.61 Å². The van der Waals surface area contributed by atoms with E-state index in [1.165, 1.54) is 0 Å². The number of hydrogen-bond acceptors (Lipinski definition) is 3. The summed E-state index contributed by atoms with van der Waals surface area (Å²) < 4.78 is 5.09. The van der Waals surface area contributed by atoms with Gasteiger partial charge in [-0.1, -0.05) is 13.8 Å². The second-order valence-electron chi connectivity index (χ2n) is 4.59. The van der Waals surface area contributed by atoms with Crippen LogP contribution in [0.4, 0.5) is 0 Å². The summed E-state index contributed by atoms with van der Waals surface area (Å²) in [5.74, 6) is -1.12. The van der Waals surface area contributed by atoms with Crippen molar-refractivity contribution in [3.63, 3.8) is 0 Å². The van der Waals surface area contributed by atoms with Gasteiger partial charge in [-0.2, -0.15) is 0 Å². The third kappa shape index (κ3) is 3.81. The van der Waals surface area contributed by atoms with Crippen LogP contribution in [0.15, 0.2) is 0 Å². The Morgan fingerprint density at radius 2 is 2.19 bits per heavy atom. The molecule has 0 aliphatic carbocycles. The van der Waals surface area contributed by atoms with Crippen molar-refractivity contribution in [1.29, 1.82) is 0 Å². The van der Waals surface area contributed by atoms with E-state index < -0.39 is 12.0 Å². The van der Waals surface area contributed by atoms with Gasteiger partial charge in [0.15, 0.2) is 0 Å². The first-order valence-electron chi connectivity index (χ1n) is 5.61. The predicted molar refractivity (Wildman–Crippen MR) is 57.9 cm³/mol. The van der Waals surface area contributed by atoms with Gasteiger partial charge in [-0.15, -0.1) is 0 Å². The van der Waals surface area contributed by atoms with E-state index in [0.717, 1.165) is 0 Å². The lowest BCUT2D eigenvalue weighted by molar-refractivity contribution is -0.143. The number of aliphatic carboxylic acids is 1. The molecule has 0 spiro atoms. The summed E-state index contributed by atoms with van der Waals surface area (Å²) >= 11 is 0. The van der Waals surface area contributed by atoms with Gasteiger partial charge >= 0.3 is 5.97 Å². The monoisotopic (exact) mass is 229 g/mol. The number of carbonyl (C=O) groups is 2. The summed E-state index contributed by atoms with van der Waals surface area (Å²) in [7, 11) is 0. The Hall–Kier alpha value is -1.10. The van der Waals surface area contributed by atoms with Crippen molar-refractivity contribution < 1.29 is 19.4 Å². The average Bonchev–Trinajstić information content (AvgIpc) is 2.68. The van der Waals surface area contributed by atoms with E-state index in [0.29, 0.717) is 26.1 Å². The van der Waals surface area contributed by atoms with Crippen LogP contribution in [0.1, 0.15) is 26.7 Å². The first-order valence-corrected chi connectivity index (χ1v) is 5.61. The molecule has 1 aliphatic heterocycles. The van der Waals surface area contributed by atoms with E-state index in [9.17, 15) is 9.59 Å². The molecule has 2 unspecified atom stereocenters. The Morgan fingerprint density at radius 3 is 2.62 bits per heavy atom. The fourth-order valence-electron chi connectivity index (χ4n) is 1.72. The molecule has 16 heavy (non-hydrogen) atoms. The zero-order valence-electron chi connectivity index (χ0n) is 9.73. The molecule has 0 aromatic rings. The molecule has 0 saturated carbocycles. The lowest BCUT2D eigenvalue weighted by atomic mass is 10.0. The minimum Gasteiger partial charge on any atom is -0.480 e. The van der Waals surface area contributed by atoms with Crippen LogP contribution in [0.25, 0.3) is 0 Å². The van der Waals surface area contributed by atoms with Gasteiger partial charge < -0.3 is 15.2 Å². The Bertz CT molecular complexity index is 259. The van der Waals surface area contributed by atoms with Crippen molar-refractivity contribution in [3.05, 3.63) is 0 Å². The zero-order valence-corrected chi connectivity index (χ0v) is 9.73. The summed E-state index contributed by atoms with van der Waals surface area (Å²) in [6.45, 7) is 4.85. The van der Waals surface area contributed by atoms with Crippen molar-refractivity contribution in [3.8, 4) is 0 Å². The first-order chi connectivity index (χ1) is 7.50. The highest BCUT2D eigenvalue weighted by Gasteiger charge is 2.28. The molecule has 0 aromatic heterocycles. The van der Waals surface area contributed by atoms with Crippen molar-refractivity contribution in [1.82, 2.24) is 5.32 Å². The number of rotatable bonds is 5. The smallest absolute Gasteiger partial charge is 0.326 e. The molecule has 1 heterocycles. The van der Waals surface area contributed by atoms with Crippen LogP contribution in [-0.2, 0) is 14.3 Å². The molecule has 1 aliphatic rings. The van der Waals surface area contributed by atoms with Crippen LogP contribution in [-0.4, -0.2) is 36.2 Å².